The minimum Gasteiger partial charge on any atom is -0.379 e. The lowest BCUT2D eigenvalue weighted by Gasteiger charge is -2.44. The van der Waals surface area contributed by atoms with Crippen LogP contribution in [-0.2, 0) is 23.7 Å². The normalized spacial score (nSPS) is 28.0. The Balaban J connectivity index is 2.84. The highest BCUT2D eigenvalue weighted by atomic mass is 16.7. The first-order valence-electron chi connectivity index (χ1n) is 11.5. The molecule has 0 aliphatic carbocycles. The first-order valence-corrected chi connectivity index (χ1v) is 11.5. The Morgan fingerprint density at radius 2 is 1.11 bits per heavy atom. The van der Waals surface area contributed by atoms with Crippen molar-refractivity contribution >= 4 is 0 Å². The van der Waals surface area contributed by atoms with E-state index in [9.17, 15) is 5.11 Å². The third kappa shape index (κ3) is 9.51. The average molecular weight is 405 g/mol. The second kappa shape index (κ2) is 16.5. The van der Waals surface area contributed by atoms with E-state index in [1.807, 2.05) is 0 Å². The van der Waals surface area contributed by atoms with Gasteiger partial charge < -0.3 is 28.8 Å². The lowest BCUT2D eigenvalue weighted by molar-refractivity contribution is -0.312. The molecule has 5 atom stereocenters. The maximum atomic E-state index is 10.6. The van der Waals surface area contributed by atoms with Crippen molar-refractivity contribution in [3.05, 3.63) is 0 Å². The minimum atomic E-state index is -1.03. The summed E-state index contributed by atoms with van der Waals surface area (Å²) in [5.41, 5.74) is 0. The van der Waals surface area contributed by atoms with Gasteiger partial charge in [-0.15, -0.1) is 0 Å². The van der Waals surface area contributed by atoms with Gasteiger partial charge in [-0.2, -0.15) is 0 Å². The van der Waals surface area contributed by atoms with Gasteiger partial charge in [0, 0.05) is 26.4 Å². The zero-order valence-electron chi connectivity index (χ0n) is 18.6. The SMILES string of the molecule is CCCCOCC1OC(O)C(OCCCC)C(OCCCC)[C@H]1OCCCC. The summed E-state index contributed by atoms with van der Waals surface area (Å²) < 4.78 is 30.1. The van der Waals surface area contributed by atoms with E-state index in [2.05, 4.69) is 27.7 Å². The Kier molecular flexibility index (Phi) is 15.2. The van der Waals surface area contributed by atoms with Crippen LogP contribution in [0.3, 0.4) is 0 Å². The molecule has 1 saturated heterocycles. The quantitative estimate of drug-likeness (QED) is 0.369. The van der Waals surface area contributed by atoms with Crippen molar-refractivity contribution in [3.8, 4) is 0 Å². The predicted octanol–water partition coefficient (Wildman–Crippen LogP) is 4.08. The lowest BCUT2D eigenvalue weighted by Crippen LogP contribution is -2.61. The molecule has 1 aliphatic rings. The molecule has 0 aromatic carbocycles. The largest absolute Gasteiger partial charge is 0.379 e. The van der Waals surface area contributed by atoms with Crippen LogP contribution in [-0.4, -0.2) is 68.8 Å². The molecule has 1 aliphatic heterocycles. The summed E-state index contributed by atoms with van der Waals surface area (Å²) in [7, 11) is 0. The van der Waals surface area contributed by atoms with Crippen LogP contribution in [0.2, 0.25) is 0 Å². The number of aliphatic hydroxyl groups excluding tert-OH is 1. The second-order valence-electron chi connectivity index (χ2n) is 7.56. The fourth-order valence-electron chi connectivity index (χ4n) is 3.13. The van der Waals surface area contributed by atoms with Gasteiger partial charge >= 0.3 is 0 Å². The van der Waals surface area contributed by atoms with Gasteiger partial charge in [0.25, 0.3) is 0 Å². The van der Waals surface area contributed by atoms with Gasteiger partial charge in [0.1, 0.15) is 24.4 Å². The summed E-state index contributed by atoms with van der Waals surface area (Å²) in [6, 6.07) is 0. The van der Waals surface area contributed by atoms with Crippen molar-refractivity contribution in [2.75, 3.05) is 33.0 Å². The first-order chi connectivity index (χ1) is 13.7. The fourth-order valence-corrected chi connectivity index (χ4v) is 3.13. The topological polar surface area (TPSA) is 66.4 Å². The summed E-state index contributed by atoms with van der Waals surface area (Å²) in [5, 5.41) is 10.6. The van der Waals surface area contributed by atoms with Crippen LogP contribution < -0.4 is 0 Å². The first kappa shape index (κ1) is 25.8. The van der Waals surface area contributed by atoms with Crippen LogP contribution >= 0.6 is 0 Å². The molecular formula is C22H44O6. The third-order valence-corrected chi connectivity index (χ3v) is 4.96. The number of unbranched alkanes of at least 4 members (excludes halogenated alkanes) is 4. The third-order valence-electron chi connectivity index (χ3n) is 4.96. The summed E-state index contributed by atoms with van der Waals surface area (Å²) in [4.78, 5) is 0. The number of rotatable bonds is 17. The van der Waals surface area contributed by atoms with Gasteiger partial charge in [0.15, 0.2) is 6.29 Å². The van der Waals surface area contributed by atoms with Gasteiger partial charge in [0.2, 0.25) is 0 Å². The minimum absolute atomic E-state index is 0.306. The van der Waals surface area contributed by atoms with Crippen molar-refractivity contribution in [2.24, 2.45) is 0 Å². The standard InChI is InChI=1S/C22H44O6/c1-5-9-13-24-17-18-19(25-14-10-6-2)20(26-15-11-7-3)21(22(23)28-18)27-16-12-8-4/h18-23H,5-17H2,1-4H3/t18?,19-,20?,21?,22?/m0/s1. The van der Waals surface area contributed by atoms with E-state index in [0.29, 0.717) is 33.0 Å². The highest BCUT2D eigenvalue weighted by Gasteiger charge is 2.47. The van der Waals surface area contributed by atoms with Crippen molar-refractivity contribution in [1.82, 2.24) is 0 Å². The highest BCUT2D eigenvalue weighted by molar-refractivity contribution is 4.92. The summed E-state index contributed by atoms with van der Waals surface area (Å²) in [5.74, 6) is 0. The summed E-state index contributed by atoms with van der Waals surface area (Å²) >= 11 is 0. The molecule has 1 heterocycles. The Bertz CT molecular complexity index is 354. The molecule has 6 heteroatoms. The van der Waals surface area contributed by atoms with Crippen molar-refractivity contribution in [3.63, 3.8) is 0 Å². The van der Waals surface area contributed by atoms with E-state index < -0.39 is 12.4 Å². The summed E-state index contributed by atoms with van der Waals surface area (Å²) in [6.45, 7) is 11.5. The maximum absolute atomic E-state index is 10.6. The molecule has 168 valence electrons. The maximum Gasteiger partial charge on any atom is 0.184 e. The number of hydrogen-bond donors (Lipinski definition) is 1. The van der Waals surface area contributed by atoms with Crippen LogP contribution in [0.15, 0.2) is 0 Å². The van der Waals surface area contributed by atoms with E-state index in [0.717, 1.165) is 51.4 Å². The van der Waals surface area contributed by atoms with Gasteiger partial charge in [-0.25, -0.2) is 0 Å². The fraction of sp³-hybridized carbons (Fsp3) is 1.00. The molecule has 0 radical (unpaired) electrons. The average Bonchev–Trinajstić information content (AvgIpc) is 2.69. The van der Waals surface area contributed by atoms with Crippen LogP contribution in [0.25, 0.3) is 0 Å². The molecule has 0 bridgehead atoms. The zero-order valence-corrected chi connectivity index (χ0v) is 18.6. The van der Waals surface area contributed by atoms with E-state index in [-0.39, 0.29) is 18.3 Å². The van der Waals surface area contributed by atoms with E-state index in [1.165, 1.54) is 0 Å². The summed E-state index contributed by atoms with van der Waals surface area (Å²) in [6.07, 6.45) is 5.53. The van der Waals surface area contributed by atoms with Crippen LogP contribution in [0.5, 0.6) is 0 Å². The van der Waals surface area contributed by atoms with Gasteiger partial charge in [-0.1, -0.05) is 53.4 Å². The van der Waals surface area contributed by atoms with Crippen molar-refractivity contribution < 1.29 is 28.8 Å². The molecule has 0 aromatic rings. The van der Waals surface area contributed by atoms with Gasteiger partial charge in [-0.3, -0.25) is 0 Å². The van der Waals surface area contributed by atoms with E-state index >= 15 is 0 Å². The lowest BCUT2D eigenvalue weighted by atomic mass is 9.98. The molecule has 28 heavy (non-hydrogen) atoms. The van der Waals surface area contributed by atoms with Crippen LogP contribution in [0.1, 0.15) is 79.1 Å². The van der Waals surface area contributed by atoms with E-state index in [1.54, 1.807) is 0 Å². The van der Waals surface area contributed by atoms with Crippen LogP contribution in [0.4, 0.5) is 0 Å². The monoisotopic (exact) mass is 404 g/mol. The van der Waals surface area contributed by atoms with Gasteiger partial charge in [-0.05, 0) is 25.7 Å². The molecule has 1 N–H and O–H groups in total. The molecule has 0 aromatic heterocycles. The number of ether oxygens (including phenoxy) is 5. The van der Waals surface area contributed by atoms with Crippen LogP contribution in [0, 0.1) is 0 Å². The molecular weight excluding hydrogens is 360 g/mol. The molecule has 4 unspecified atom stereocenters. The Morgan fingerprint density at radius 3 is 1.64 bits per heavy atom. The van der Waals surface area contributed by atoms with E-state index in [4.69, 9.17) is 23.7 Å². The highest BCUT2D eigenvalue weighted by Crippen LogP contribution is 2.28. The second-order valence-corrected chi connectivity index (χ2v) is 7.56. The molecule has 0 spiro atoms. The Morgan fingerprint density at radius 1 is 0.643 bits per heavy atom. The van der Waals surface area contributed by atoms with Crippen molar-refractivity contribution in [2.45, 2.75) is 110 Å². The molecule has 1 fully saturated rings. The molecule has 0 amide bonds. The molecule has 6 nitrogen and oxygen atoms in total. The Labute approximate surface area is 172 Å². The molecule has 0 saturated carbocycles. The van der Waals surface area contributed by atoms with Crippen molar-refractivity contribution in [1.29, 1.82) is 0 Å². The van der Waals surface area contributed by atoms with Gasteiger partial charge in [0.05, 0.1) is 6.61 Å². The zero-order chi connectivity index (χ0) is 20.6. The Hall–Kier alpha value is -0.240. The predicted molar refractivity (Wildman–Crippen MR) is 111 cm³/mol. The number of aliphatic hydroxyl groups is 1. The smallest absolute Gasteiger partial charge is 0.184 e. The number of hydrogen-bond acceptors (Lipinski definition) is 6. The molecule has 1 rings (SSSR count).